The zero-order chi connectivity index (χ0) is 17.9. The molecule has 0 radical (unpaired) electrons. The fourth-order valence-electron chi connectivity index (χ4n) is 3.64. The van der Waals surface area contributed by atoms with Crippen LogP contribution < -0.4 is 0 Å². The Bertz CT molecular complexity index is 867. The van der Waals surface area contributed by atoms with E-state index in [1.807, 2.05) is 46.1 Å². The maximum absolute atomic E-state index is 13.0. The molecule has 1 fully saturated rings. The van der Waals surface area contributed by atoms with E-state index in [-0.39, 0.29) is 11.9 Å². The third-order valence-corrected chi connectivity index (χ3v) is 5.08. The van der Waals surface area contributed by atoms with Gasteiger partial charge < -0.3 is 4.90 Å². The van der Waals surface area contributed by atoms with Gasteiger partial charge in [-0.25, -0.2) is 0 Å². The quantitative estimate of drug-likeness (QED) is 0.710. The lowest BCUT2D eigenvalue weighted by atomic mass is 10.0. The second kappa shape index (κ2) is 7.16. The predicted octanol–water partition coefficient (Wildman–Crippen LogP) is 4.22. The first kappa shape index (κ1) is 16.6. The Morgan fingerprint density at radius 2 is 1.88 bits per heavy atom. The molecule has 3 aromatic rings. The zero-order valence-corrected chi connectivity index (χ0v) is 15.0. The van der Waals surface area contributed by atoms with Gasteiger partial charge in [0, 0.05) is 24.5 Å². The standard InChI is InChI=1S/C22H23N3O/c1-17-5-9-19(10-6-17)21-4-2-15-25(21)22(26)20-11-7-18(8-12-20)16-24-14-3-13-23-24/h3,5-14,21H,2,4,15-16H2,1H3. The summed E-state index contributed by atoms with van der Waals surface area (Å²) in [4.78, 5) is 15.1. The molecule has 0 saturated carbocycles. The minimum absolute atomic E-state index is 0.124. The Balaban J connectivity index is 1.50. The van der Waals surface area contributed by atoms with Crippen LogP contribution in [0.4, 0.5) is 0 Å². The molecule has 1 saturated heterocycles. The fourth-order valence-corrected chi connectivity index (χ4v) is 3.64. The maximum atomic E-state index is 13.0. The number of hydrogen-bond acceptors (Lipinski definition) is 2. The van der Waals surface area contributed by atoms with E-state index in [4.69, 9.17) is 0 Å². The summed E-state index contributed by atoms with van der Waals surface area (Å²) in [5, 5.41) is 4.22. The van der Waals surface area contributed by atoms with Gasteiger partial charge >= 0.3 is 0 Å². The summed E-state index contributed by atoms with van der Waals surface area (Å²) in [5.41, 5.74) is 4.38. The van der Waals surface area contributed by atoms with Gasteiger partial charge in [0.05, 0.1) is 12.6 Å². The second-order valence-electron chi connectivity index (χ2n) is 6.97. The van der Waals surface area contributed by atoms with Gasteiger partial charge in [-0.15, -0.1) is 0 Å². The third kappa shape index (κ3) is 3.40. The van der Waals surface area contributed by atoms with Crippen LogP contribution in [-0.2, 0) is 6.54 Å². The van der Waals surface area contributed by atoms with Crippen molar-refractivity contribution >= 4 is 5.91 Å². The van der Waals surface area contributed by atoms with Crippen molar-refractivity contribution in [2.24, 2.45) is 0 Å². The van der Waals surface area contributed by atoms with Gasteiger partial charge in [-0.2, -0.15) is 5.10 Å². The smallest absolute Gasteiger partial charge is 0.254 e. The number of likely N-dealkylation sites (tertiary alicyclic amines) is 1. The first-order valence-corrected chi connectivity index (χ1v) is 9.14. The lowest BCUT2D eigenvalue weighted by Gasteiger charge is -2.25. The Morgan fingerprint density at radius 3 is 2.58 bits per heavy atom. The van der Waals surface area contributed by atoms with Crippen LogP contribution in [0, 0.1) is 6.92 Å². The molecular weight excluding hydrogens is 322 g/mol. The van der Waals surface area contributed by atoms with E-state index >= 15 is 0 Å². The molecule has 0 bridgehead atoms. The average Bonchev–Trinajstić information content (AvgIpc) is 3.34. The highest BCUT2D eigenvalue weighted by Crippen LogP contribution is 2.33. The van der Waals surface area contributed by atoms with Crippen molar-refractivity contribution in [3.8, 4) is 0 Å². The highest BCUT2D eigenvalue weighted by atomic mass is 16.2. The van der Waals surface area contributed by atoms with Crippen molar-refractivity contribution in [2.75, 3.05) is 6.54 Å². The summed E-state index contributed by atoms with van der Waals surface area (Å²) in [6.45, 7) is 3.63. The number of carbonyl (C=O) groups is 1. The van der Waals surface area contributed by atoms with E-state index in [9.17, 15) is 4.79 Å². The van der Waals surface area contributed by atoms with Gasteiger partial charge in [0.25, 0.3) is 5.91 Å². The number of carbonyl (C=O) groups excluding carboxylic acids is 1. The van der Waals surface area contributed by atoms with Crippen LogP contribution in [0.1, 0.15) is 45.9 Å². The SMILES string of the molecule is Cc1ccc(C2CCCN2C(=O)c2ccc(Cn3cccn3)cc2)cc1. The summed E-state index contributed by atoms with van der Waals surface area (Å²) < 4.78 is 1.88. The molecule has 0 N–H and O–H groups in total. The Kier molecular flexibility index (Phi) is 4.57. The van der Waals surface area contributed by atoms with Crippen LogP contribution >= 0.6 is 0 Å². The molecule has 1 aliphatic rings. The number of nitrogens with zero attached hydrogens (tertiary/aromatic N) is 3. The van der Waals surface area contributed by atoms with Crippen LogP contribution in [0.25, 0.3) is 0 Å². The van der Waals surface area contributed by atoms with Crippen molar-refractivity contribution in [1.82, 2.24) is 14.7 Å². The third-order valence-electron chi connectivity index (χ3n) is 5.08. The van der Waals surface area contributed by atoms with Crippen molar-refractivity contribution in [3.63, 3.8) is 0 Å². The molecule has 4 heteroatoms. The van der Waals surface area contributed by atoms with Gasteiger partial charge in [0.1, 0.15) is 0 Å². The summed E-state index contributed by atoms with van der Waals surface area (Å²) in [5.74, 6) is 0.124. The van der Waals surface area contributed by atoms with Gasteiger partial charge in [-0.3, -0.25) is 9.48 Å². The van der Waals surface area contributed by atoms with Gasteiger partial charge in [-0.05, 0) is 49.1 Å². The molecule has 4 nitrogen and oxygen atoms in total. The second-order valence-corrected chi connectivity index (χ2v) is 6.97. The topological polar surface area (TPSA) is 38.1 Å². The van der Waals surface area contributed by atoms with E-state index < -0.39 is 0 Å². The molecule has 1 unspecified atom stereocenters. The summed E-state index contributed by atoms with van der Waals surface area (Å²) >= 11 is 0. The van der Waals surface area contributed by atoms with Crippen molar-refractivity contribution < 1.29 is 4.79 Å². The largest absolute Gasteiger partial charge is 0.332 e. The molecule has 2 aromatic carbocycles. The molecule has 2 heterocycles. The summed E-state index contributed by atoms with van der Waals surface area (Å²) in [6.07, 6.45) is 5.81. The molecule has 4 rings (SSSR count). The molecule has 1 amide bonds. The van der Waals surface area contributed by atoms with Crippen LogP contribution in [0.2, 0.25) is 0 Å². The van der Waals surface area contributed by atoms with E-state index in [0.717, 1.165) is 37.1 Å². The van der Waals surface area contributed by atoms with E-state index in [1.54, 1.807) is 6.20 Å². The Labute approximate surface area is 154 Å². The lowest BCUT2D eigenvalue weighted by molar-refractivity contribution is 0.0735. The fraction of sp³-hybridized carbons (Fsp3) is 0.273. The van der Waals surface area contributed by atoms with Crippen molar-refractivity contribution in [3.05, 3.63) is 89.2 Å². The molecular formula is C22H23N3O. The van der Waals surface area contributed by atoms with Crippen LogP contribution in [-0.4, -0.2) is 27.1 Å². The molecule has 1 aliphatic heterocycles. The number of aryl methyl sites for hydroxylation is 1. The molecule has 0 aliphatic carbocycles. The Morgan fingerprint density at radius 1 is 1.12 bits per heavy atom. The van der Waals surface area contributed by atoms with Crippen molar-refractivity contribution in [2.45, 2.75) is 32.4 Å². The lowest BCUT2D eigenvalue weighted by Crippen LogP contribution is -2.30. The molecule has 26 heavy (non-hydrogen) atoms. The van der Waals surface area contributed by atoms with Gasteiger partial charge in [0.15, 0.2) is 0 Å². The predicted molar refractivity (Wildman–Crippen MR) is 102 cm³/mol. The van der Waals surface area contributed by atoms with Gasteiger partial charge in [-0.1, -0.05) is 42.0 Å². The number of rotatable bonds is 4. The first-order valence-electron chi connectivity index (χ1n) is 9.14. The van der Waals surface area contributed by atoms with Crippen LogP contribution in [0.15, 0.2) is 67.0 Å². The molecule has 1 atom stereocenters. The summed E-state index contributed by atoms with van der Waals surface area (Å²) in [7, 11) is 0. The van der Waals surface area contributed by atoms with E-state index in [2.05, 4.69) is 36.3 Å². The normalized spacial score (nSPS) is 16.8. The van der Waals surface area contributed by atoms with Gasteiger partial charge in [0.2, 0.25) is 0 Å². The molecule has 0 spiro atoms. The minimum Gasteiger partial charge on any atom is -0.332 e. The number of hydrogen-bond donors (Lipinski definition) is 0. The van der Waals surface area contributed by atoms with Crippen LogP contribution in [0.3, 0.4) is 0 Å². The monoisotopic (exact) mass is 345 g/mol. The Hall–Kier alpha value is -2.88. The number of amides is 1. The summed E-state index contributed by atoms with van der Waals surface area (Å²) in [6, 6.07) is 18.6. The number of benzene rings is 2. The zero-order valence-electron chi connectivity index (χ0n) is 15.0. The van der Waals surface area contributed by atoms with E-state index in [0.29, 0.717) is 0 Å². The number of aromatic nitrogens is 2. The molecule has 132 valence electrons. The first-order chi connectivity index (χ1) is 12.7. The highest BCUT2D eigenvalue weighted by Gasteiger charge is 2.30. The average molecular weight is 345 g/mol. The van der Waals surface area contributed by atoms with Crippen LogP contribution in [0.5, 0.6) is 0 Å². The molecule has 1 aromatic heterocycles. The van der Waals surface area contributed by atoms with Crippen molar-refractivity contribution in [1.29, 1.82) is 0 Å². The maximum Gasteiger partial charge on any atom is 0.254 e. The van der Waals surface area contributed by atoms with E-state index in [1.165, 1.54) is 11.1 Å². The highest BCUT2D eigenvalue weighted by molar-refractivity contribution is 5.94. The minimum atomic E-state index is 0.124.